The lowest BCUT2D eigenvalue weighted by Crippen LogP contribution is -2.34. The molecule has 7 heteroatoms. The molecule has 0 bridgehead atoms. The molecule has 0 unspecified atom stereocenters. The molecule has 1 aromatic heterocycles. The van der Waals surface area contributed by atoms with Crippen molar-refractivity contribution in [3.63, 3.8) is 0 Å². The minimum atomic E-state index is -4.17. The molecule has 1 N–H and O–H groups in total. The Morgan fingerprint density at radius 1 is 1.30 bits per heavy atom. The fourth-order valence-corrected chi connectivity index (χ4v) is 1.38. The minimum Gasteiger partial charge on any atom is -0.471 e. The highest BCUT2D eigenvalue weighted by Gasteiger charge is 2.41. The third-order valence-corrected chi connectivity index (χ3v) is 2.60. The number of aromatic nitrogens is 1. The van der Waals surface area contributed by atoms with Crippen molar-refractivity contribution < 1.29 is 22.3 Å². The van der Waals surface area contributed by atoms with E-state index in [2.05, 4.69) is 15.0 Å². The molecule has 0 aliphatic heterocycles. The number of ether oxygens (including phenoxy) is 1. The summed E-state index contributed by atoms with van der Waals surface area (Å²) in [5, 5.41) is 3.19. The van der Waals surface area contributed by atoms with Gasteiger partial charge in [-0.05, 0) is 12.5 Å². The molecule has 0 aromatic carbocycles. The number of hydrogen-bond acceptors (Lipinski definition) is 3. The summed E-state index contributed by atoms with van der Waals surface area (Å²) in [4.78, 5) is 3.97. The van der Waals surface area contributed by atoms with Gasteiger partial charge in [0.05, 0.1) is 0 Å². The van der Waals surface area contributed by atoms with Crippen LogP contribution in [0.15, 0.2) is 12.1 Å². The zero-order chi connectivity index (χ0) is 15.3. The van der Waals surface area contributed by atoms with Crippen LogP contribution in [0.3, 0.4) is 0 Å². The van der Waals surface area contributed by atoms with E-state index in [4.69, 9.17) is 0 Å². The van der Waals surface area contributed by atoms with Crippen molar-refractivity contribution in [1.82, 2.24) is 10.3 Å². The second-order valence-corrected chi connectivity index (χ2v) is 4.78. The van der Waals surface area contributed by atoms with Gasteiger partial charge in [0.25, 0.3) is 0 Å². The van der Waals surface area contributed by atoms with E-state index in [0.29, 0.717) is 18.3 Å². The lowest BCUT2D eigenvalue weighted by atomic mass is 10.2. The maximum Gasteiger partial charge on any atom is 0.340 e. The Bertz CT molecular complexity index is 438. The van der Waals surface area contributed by atoms with Crippen LogP contribution in [0.25, 0.3) is 0 Å². The van der Waals surface area contributed by atoms with E-state index in [-0.39, 0.29) is 5.88 Å². The molecule has 1 aromatic rings. The van der Waals surface area contributed by atoms with Gasteiger partial charge in [-0.15, -0.1) is 0 Å². The summed E-state index contributed by atoms with van der Waals surface area (Å²) in [5.41, 5.74) is 1.50. The summed E-state index contributed by atoms with van der Waals surface area (Å²) in [6.07, 6.45) is -3.75. The summed E-state index contributed by atoms with van der Waals surface area (Å²) >= 11 is 0. The van der Waals surface area contributed by atoms with Crippen molar-refractivity contribution in [3.05, 3.63) is 23.4 Å². The van der Waals surface area contributed by atoms with Crippen LogP contribution in [-0.2, 0) is 6.54 Å². The second kappa shape index (κ2) is 6.88. The fourth-order valence-electron chi connectivity index (χ4n) is 1.38. The molecule has 0 atom stereocenters. The second-order valence-electron chi connectivity index (χ2n) is 4.78. The average molecular weight is 294 g/mol. The van der Waals surface area contributed by atoms with Crippen LogP contribution in [0.5, 0.6) is 5.88 Å². The molecule has 0 radical (unpaired) electrons. The number of aryl methyl sites for hydroxylation is 1. The molecule has 0 spiro atoms. The maximum absolute atomic E-state index is 12.7. The first-order chi connectivity index (χ1) is 9.22. The van der Waals surface area contributed by atoms with Crippen LogP contribution in [-0.4, -0.2) is 30.0 Å². The van der Waals surface area contributed by atoms with Crippen LogP contribution in [0.4, 0.5) is 17.6 Å². The zero-order valence-corrected chi connectivity index (χ0v) is 11.6. The molecule has 1 rings (SSSR count). The molecule has 3 nitrogen and oxygen atoms in total. The third-order valence-electron chi connectivity index (χ3n) is 2.60. The van der Waals surface area contributed by atoms with Gasteiger partial charge in [0.1, 0.15) is 0 Å². The van der Waals surface area contributed by atoms with Gasteiger partial charge < -0.3 is 10.1 Å². The Morgan fingerprint density at radius 2 is 1.95 bits per heavy atom. The molecule has 0 saturated heterocycles. The van der Waals surface area contributed by atoms with Gasteiger partial charge in [0, 0.05) is 24.3 Å². The summed E-state index contributed by atoms with van der Waals surface area (Å²) in [5.74, 6) is -4.26. The Labute approximate surface area is 115 Å². The van der Waals surface area contributed by atoms with Crippen LogP contribution in [0, 0.1) is 6.92 Å². The number of alkyl halides is 4. The molecule has 0 aliphatic rings. The van der Waals surface area contributed by atoms with E-state index < -0.39 is 19.0 Å². The van der Waals surface area contributed by atoms with Crippen molar-refractivity contribution in [1.29, 1.82) is 0 Å². The first-order valence-corrected chi connectivity index (χ1v) is 6.21. The van der Waals surface area contributed by atoms with Crippen LogP contribution < -0.4 is 10.1 Å². The normalized spacial score (nSPS) is 12.2. The SMILES string of the molecule is Cc1nc(OCC(F)(F)C(F)F)ccc1CNC(C)C. The molecule has 0 fully saturated rings. The summed E-state index contributed by atoms with van der Waals surface area (Å²) in [6, 6.07) is 3.37. The van der Waals surface area contributed by atoms with Gasteiger partial charge in [0.15, 0.2) is 6.61 Å². The molecule has 0 saturated carbocycles. The molecule has 1 heterocycles. The van der Waals surface area contributed by atoms with Gasteiger partial charge >= 0.3 is 12.3 Å². The van der Waals surface area contributed by atoms with Gasteiger partial charge in [-0.2, -0.15) is 8.78 Å². The standard InChI is InChI=1S/C13H18F4N2O/c1-8(2)18-6-10-4-5-11(19-9(10)3)20-7-13(16,17)12(14)15/h4-5,8,12,18H,6-7H2,1-3H3. The predicted octanol–water partition coefficient (Wildman–Crippen LogP) is 3.17. The molecule has 114 valence electrons. The lowest BCUT2D eigenvalue weighted by molar-refractivity contribution is -0.148. The Kier molecular flexibility index (Phi) is 5.74. The highest BCUT2D eigenvalue weighted by molar-refractivity contribution is 5.25. The van der Waals surface area contributed by atoms with Crippen LogP contribution in [0.2, 0.25) is 0 Å². The predicted molar refractivity (Wildman–Crippen MR) is 67.4 cm³/mol. The highest BCUT2D eigenvalue weighted by Crippen LogP contribution is 2.24. The zero-order valence-electron chi connectivity index (χ0n) is 11.6. The van der Waals surface area contributed by atoms with Crippen molar-refractivity contribution in [2.75, 3.05) is 6.61 Å². The number of nitrogens with one attached hydrogen (secondary N) is 1. The Morgan fingerprint density at radius 3 is 2.45 bits per heavy atom. The Hall–Kier alpha value is -1.37. The van der Waals surface area contributed by atoms with Crippen molar-refractivity contribution in [3.8, 4) is 5.88 Å². The maximum atomic E-state index is 12.7. The monoisotopic (exact) mass is 294 g/mol. The summed E-state index contributed by atoms with van der Waals surface area (Å²) in [6.45, 7) is 4.89. The van der Waals surface area contributed by atoms with E-state index in [0.717, 1.165) is 5.56 Å². The van der Waals surface area contributed by atoms with Crippen molar-refractivity contribution in [2.24, 2.45) is 0 Å². The van der Waals surface area contributed by atoms with E-state index in [1.807, 2.05) is 13.8 Å². The largest absolute Gasteiger partial charge is 0.471 e. The van der Waals surface area contributed by atoms with E-state index >= 15 is 0 Å². The van der Waals surface area contributed by atoms with Crippen LogP contribution in [0.1, 0.15) is 25.1 Å². The quantitative estimate of drug-likeness (QED) is 0.784. The Balaban J connectivity index is 2.63. The summed E-state index contributed by atoms with van der Waals surface area (Å²) < 4.78 is 54.0. The number of halogens is 4. The van der Waals surface area contributed by atoms with Gasteiger partial charge in [-0.25, -0.2) is 13.8 Å². The molecular formula is C13H18F4N2O. The number of hydrogen-bond donors (Lipinski definition) is 1. The third kappa shape index (κ3) is 4.96. The number of nitrogens with zero attached hydrogens (tertiary/aromatic N) is 1. The first-order valence-electron chi connectivity index (χ1n) is 6.21. The van der Waals surface area contributed by atoms with E-state index in [9.17, 15) is 17.6 Å². The molecule has 20 heavy (non-hydrogen) atoms. The molecular weight excluding hydrogens is 276 g/mol. The van der Waals surface area contributed by atoms with Crippen LogP contribution >= 0.6 is 0 Å². The molecule has 0 aliphatic carbocycles. The smallest absolute Gasteiger partial charge is 0.340 e. The van der Waals surface area contributed by atoms with Gasteiger partial charge in [-0.1, -0.05) is 19.9 Å². The minimum absolute atomic E-state index is 0.0869. The molecule has 0 amide bonds. The highest BCUT2D eigenvalue weighted by atomic mass is 19.3. The number of pyridine rings is 1. The van der Waals surface area contributed by atoms with Crippen molar-refractivity contribution >= 4 is 0 Å². The number of rotatable bonds is 7. The lowest BCUT2D eigenvalue weighted by Gasteiger charge is -2.16. The fraction of sp³-hybridized carbons (Fsp3) is 0.615. The van der Waals surface area contributed by atoms with Crippen molar-refractivity contribution in [2.45, 2.75) is 45.7 Å². The first kappa shape index (κ1) is 16.7. The average Bonchev–Trinajstić information content (AvgIpc) is 2.35. The van der Waals surface area contributed by atoms with Gasteiger partial charge in [-0.3, -0.25) is 0 Å². The topological polar surface area (TPSA) is 34.1 Å². The van der Waals surface area contributed by atoms with Gasteiger partial charge in [0.2, 0.25) is 5.88 Å². The summed E-state index contributed by atoms with van der Waals surface area (Å²) in [7, 11) is 0. The van der Waals surface area contributed by atoms with E-state index in [1.54, 1.807) is 13.0 Å². The van der Waals surface area contributed by atoms with E-state index in [1.165, 1.54) is 6.07 Å².